The van der Waals surface area contributed by atoms with Crippen molar-refractivity contribution < 1.29 is 13.9 Å². The summed E-state index contributed by atoms with van der Waals surface area (Å²) in [5, 5.41) is 6.61. The van der Waals surface area contributed by atoms with Crippen LogP contribution >= 0.6 is 0 Å². The van der Waals surface area contributed by atoms with Crippen molar-refractivity contribution in [3.8, 4) is 11.5 Å². The minimum Gasteiger partial charge on any atom is -0.493 e. The van der Waals surface area contributed by atoms with Crippen LogP contribution in [-0.4, -0.2) is 51.8 Å². The Balaban J connectivity index is 1.86. The third-order valence-corrected chi connectivity index (χ3v) is 4.36. The van der Waals surface area contributed by atoms with E-state index in [-0.39, 0.29) is 5.82 Å². The molecule has 0 unspecified atom stereocenters. The van der Waals surface area contributed by atoms with Crippen LogP contribution in [0.5, 0.6) is 11.5 Å². The number of methoxy groups -OCH3 is 2. The molecule has 0 aliphatic carbocycles. The fraction of sp³-hybridized carbons (Fsp3) is 0.409. The van der Waals surface area contributed by atoms with E-state index in [9.17, 15) is 4.39 Å². The Bertz CT molecular complexity index is 781. The van der Waals surface area contributed by atoms with Gasteiger partial charge in [0.2, 0.25) is 0 Å². The number of hydrogen-bond acceptors (Lipinski definition) is 4. The minimum absolute atomic E-state index is 0.209. The highest BCUT2D eigenvalue weighted by molar-refractivity contribution is 5.79. The number of likely N-dealkylation sites (N-methyl/N-ethyl adjacent to an activating group) is 1. The first-order valence-corrected chi connectivity index (χ1v) is 9.71. The first-order chi connectivity index (χ1) is 14.0. The maximum absolute atomic E-state index is 13.0. The lowest BCUT2D eigenvalue weighted by atomic mass is 10.2. The first kappa shape index (κ1) is 22.5. The largest absolute Gasteiger partial charge is 0.493 e. The zero-order valence-electron chi connectivity index (χ0n) is 17.7. The molecule has 0 radical (unpaired) electrons. The van der Waals surface area contributed by atoms with Crippen LogP contribution in [0.4, 0.5) is 4.39 Å². The highest BCUT2D eigenvalue weighted by atomic mass is 19.1. The number of benzene rings is 2. The van der Waals surface area contributed by atoms with Gasteiger partial charge in [-0.1, -0.05) is 18.2 Å². The Kier molecular flexibility index (Phi) is 9.24. The lowest BCUT2D eigenvalue weighted by Gasteiger charge is -2.18. The quantitative estimate of drug-likeness (QED) is 0.473. The van der Waals surface area contributed by atoms with Crippen LogP contribution in [0.25, 0.3) is 0 Å². The zero-order valence-corrected chi connectivity index (χ0v) is 17.7. The van der Waals surface area contributed by atoms with E-state index in [2.05, 4.69) is 20.5 Å². The van der Waals surface area contributed by atoms with Crippen LogP contribution in [-0.2, 0) is 13.1 Å². The summed E-state index contributed by atoms with van der Waals surface area (Å²) in [4.78, 5) is 6.82. The number of halogens is 1. The molecule has 29 heavy (non-hydrogen) atoms. The van der Waals surface area contributed by atoms with Gasteiger partial charge in [-0.15, -0.1) is 0 Å². The lowest BCUT2D eigenvalue weighted by molar-refractivity contribution is 0.331. The molecule has 2 aromatic rings. The van der Waals surface area contributed by atoms with Crippen molar-refractivity contribution in [3.05, 3.63) is 59.4 Å². The smallest absolute Gasteiger partial charge is 0.191 e. The molecule has 0 fully saturated rings. The van der Waals surface area contributed by atoms with Crippen LogP contribution in [0.2, 0.25) is 0 Å². The molecule has 2 N–H and O–H groups in total. The Morgan fingerprint density at radius 1 is 1.00 bits per heavy atom. The molecule has 2 rings (SSSR count). The van der Waals surface area contributed by atoms with Gasteiger partial charge in [0.05, 0.1) is 20.8 Å². The topological polar surface area (TPSA) is 58.1 Å². The summed E-state index contributed by atoms with van der Waals surface area (Å²) >= 11 is 0. The molecule has 0 aliphatic rings. The molecule has 0 saturated heterocycles. The van der Waals surface area contributed by atoms with Gasteiger partial charge >= 0.3 is 0 Å². The maximum Gasteiger partial charge on any atom is 0.191 e. The van der Waals surface area contributed by atoms with Crippen molar-refractivity contribution in [3.63, 3.8) is 0 Å². The summed E-state index contributed by atoms with van der Waals surface area (Å²) in [5.74, 6) is 1.95. The van der Waals surface area contributed by atoms with Gasteiger partial charge in [-0.2, -0.15) is 0 Å². The van der Waals surface area contributed by atoms with Crippen LogP contribution in [0.3, 0.4) is 0 Å². The minimum atomic E-state index is -0.209. The van der Waals surface area contributed by atoms with Crippen molar-refractivity contribution in [2.45, 2.75) is 20.0 Å². The molecule has 7 heteroatoms. The number of hydrogen-bond donors (Lipinski definition) is 2. The van der Waals surface area contributed by atoms with Crippen LogP contribution in [0.15, 0.2) is 47.5 Å². The predicted octanol–water partition coefficient (Wildman–Crippen LogP) is 3.03. The Labute approximate surface area is 172 Å². The molecule has 0 heterocycles. The third-order valence-electron chi connectivity index (χ3n) is 4.36. The fourth-order valence-corrected chi connectivity index (χ4v) is 2.84. The van der Waals surface area contributed by atoms with E-state index in [0.717, 1.165) is 43.3 Å². The van der Waals surface area contributed by atoms with E-state index in [4.69, 9.17) is 9.47 Å². The number of nitrogens with zero attached hydrogens (tertiary/aromatic N) is 2. The number of rotatable bonds is 10. The molecule has 0 aromatic heterocycles. The predicted molar refractivity (Wildman–Crippen MR) is 115 cm³/mol. The number of guanidine groups is 1. The molecule has 0 spiro atoms. The summed E-state index contributed by atoms with van der Waals surface area (Å²) in [7, 11) is 5.29. The summed E-state index contributed by atoms with van der Waals surface area (Å²) in [6.45, 7) is 5.69. The van der Waals surface area contributed by atoms with Gasteiger partial charge in [0.15, 0.2) is 17.5 Å². The molecule has 0 atom stereocenters. The second kappa shape index (κ2) is 11.9. The second-order valence-electron chi connectivity index (χ2n) is 6.68. The molecule has 0 bridgehead atoms. The van der Waals surface area contributed by atoms with Gasteiger partial charge < -0.3 is 25.0 Å². The standard InChI is InChI=1S/C22H31FN4O2/c1-5-24-22(26-15-18-8-11-20(28-3)21(14-18)29-4)25-12-13-27(2)16-17-6-9-19(23)10-7-17/h6-11,14H,5,12-13,15-16H2,1-4H3,(H2,24,25,26). The SMILES string of the molecule is CCNC(=NCc1ccc(OC)c(OC)c1)NCCN(C)Cc1ccc(F)cc1. The van der Waals surface area contributed by atoms with Gasteiger partial charge in [0, 0.05) is 26.2 Å². The van der Waals surface area contributed by atoms with Gasteiger partial charge in [-0.25, -0.2) is 9.38 Å². The van der Waals surface area contributed by atoms with Gasteiger partial charge in [0.1, 0.15) is 5.82 Å². The van der Waals surface area contributed by atoms with E-state index in [0.29, 0.717) is 18.0 Å². The molecule has 0 amide bonds. The number of aliphatic imine (C=N–C) groups is 1. The lowest BCUT2D eigenvalue weighted by Crippen LogP contribution is -2.40. The Morgan fingerprint density at radius 2 is 1.69 bits per heavy atom. The van der Waals surface area contributed by atoms with E-state index < -0.39 is 0 Å². The summed E-state index contributed by atoms with van der Waals surface area (Å²) in [6.07, 6.45) is 0. The van der Waals surface area contributed by atoms with Crippen molar-refractivity contribution >= 4 is 5.96 Å². The zero-order chi connectivity index (χ0) is 21.1. The second-order valence-corrected chi connectivity index (χ2v) is 6.68. The molecule has 158 valence electrons. The summed E-state index contributed by atoms with van der Waals surface area (Å²) in [6, 6.07) is 12.4. The van der Waals surface area contributed by atoms with E-state index >= 15 is 0 Å². The molecule has 0 saturated carbocycles. The van der Waals surface area contributed by atoms with E-state index in [1.807, 2.05) is 44.3 Å². The number of nitrogens with one attached hydrogen (secondary N) is 2. The summed E-state index contributed by atoms with van der Waals surface area (Å²) in [5.41, 5.74) is 2.12. The van der Waals surface area contributed by atoms with Gasteiger partial charge in [0.25, 0.3) is 0 Å². The van der Waals surface area contributed by atoms with Gasteiger partial charge in [-0.05, 0) is 49.4 Å². The monoisotopic (exact) mass is 402 g/mol. The van der Waals surface area contributed by atoms with Crippen LogP contribution in [0.1, 0.15) is 18.1 Å². The Hall–Kier alpha value is -2.80. The van der Waals surface area contributed by atoms with Crippen LogP contribution in [0, 0.1) is 5.82 Å². The molecule has 0 aliphatic heterocycles. The summed E-state index contributed by atoms with van der Waals surface area (Å²) < 4.78 is 23.6. The average molecular weight is 403 g/mol. The highest BCUT2D eigenvalue weighted by Crippen LogP contribution is 2.27. The normalized spacial score (nSPS) is 11.4. The van der Waals surface area contributed by atoms with Crippen molar-refractivity contribution in [1.82, 2.24) is 15.5 Å². The Morgan fingerprint density at radius 3 is 2.34 bits per heavy atom. The van der Waals surface area contributed by atoms with E-state index in [1.165, 1.54) is 12.1 Å². The molecular weight excluding hydrogens is 371 g/mol. The molecule has 6 nitrogen and oxygen atoms in total. The maximum atomic E-state index is 13.0. The first-order valence-electron chi connectivity index (χ1n) is 9.71. The fourth-order valence-electron chi connectivity index (χ4n) is 2.84. The average Bonchev–Trinajstić information content (AvgIpc) is 2.73. The van der Waals surface area contributed by atoms with E-state index in [1.54, 1.807) is 14.2 Å². The van der Waals surface area contributed by atoms with Crippen molar-refractivity contribution in [2.75, 3.05) is 40.9 Å². The number of ether oxygens (including phenoxy) is 2. The molecular formula is C22H31FN4O2. The van der Waals surface area contributed by atoms with Crippen molar-refractivity contribution in [1.29, 1.82) is 0 Å². The van der Waals surface area contributed by atoms with Gasteiger partial charge in [-0.3, -0.25) is 0 Å². The van der Waals surface area contributed by atoms with Crippen molar-refractivity contribution in [2.24, 2.45) is 4.99 Å². The van der Waals surface area contributed by atoms with Crippen LogP contribution < -0.4 is 20.1 Å². The third kappa shape index (κ3) is 7.62. The highest BCUT2D eigenvalue weighted by Gasteiger charge is 2.05. The molecule has 2 aromatic carbocycles.